The second-order valence-corrected chi connectivity index (χ2v) is 5.20. The largest absolute Gasteiger partial charge is 1.00 e. The maximum absolute atomic E-state index is 11.4. The Bertz CT molecular complexity index is 342. The number of hydrogen-bond acceptors (Lipinski definition) is 5. The normalized spacial score (nSPS) is 11.4. The van der Waals surface area contributed by atoms with Crippen LogP contribution < -0.4 is 35.3 Å². The van der Waals surface area contributed by atoms with Crippen LogP contribution in [0.3, 0.4) is 0 Å². The summed E-state index contributed by atoms with van der Waals surface area (Å²) in [5.74, 6) is -2.42. The van der Waals surface area contributed by atoms with Crippen molar-refractivity contribution in [3.05, 3.63) is 0 Å². The van der Waals surface area contributed by atoms with E-state index in [1.54, 1.807) is 0 Å². The number of hydrogen-bond donors (Lipinski definition) is 2. The van der Waals surface area contributed by atoms with Gasteiger partial charge in [0.2, 0.25) is 0 Å². The molecule has 22 heavy (non-hydrogen) atoms. The van der Waals surface area contributed by atoms with Gasteiger partial charge in [-0.25, -0.2) is 0 Å². The Kier molecular flexibility index (Phi) is 16.8. The Morgan fingerprint density at radius 3 is 2.05 bits per heavy atom. The fourth-order valence-corrected chi connectivity index (χ4v) is 1.85. The number of carbonyl (C=O) groups is 3. The molecule has 0 amide bonds. The molecule has 6 nitrogen and oxygen atoms in total. The molecule has 1 atom stereocenters. The summed E-state index contributed by atoms with van der Waals surface area (Å²) >= 11 is 0. The molecule has 3 N–H and O–H groups in total. The fraction of sp³-hybridized carbons (Fsp3) is 0.800. The smallest absolute Gasteiger partial charge is 1.00 e. The number of carboxylic acids is 1. The second-order valence-electron chi connectivity index (χ2n) is 5.20. The maximum atomic E-state index is 11.4. The Hall–Kier alpha value is -0.430. The minimum absolute atomic E-state index is 0. The molecule has 0 aromatic carbocycles. The molecule has 124 valence electrons. The van der Waals surface area contributed by atoms with Crippen LogP contribution in [-0.4, -0.2) is 29.1 Å². The van der Waals surface area contributed by atoms with Gasteiger partial charge in [0.1, 0.15) is 6.04 Å². The van der Waals surface area contributed by atoms with Crippen molar-refractivity contribution < 1.29 is 55.2 Å². The Morgan fingerprint density at radius 1 is 1.00 bits per heavy atom. The molecule has 0 radical (unpaired) electrons. The number of carbonyl (C=O) groups excluding carboxylic acids is 2. The number of nitrogens with two attached hydrogens (primary N) is 1. The first-order chi connectivity index (χ1) is 9.97. The molecule has 0 rings (SSSR count). The van der Waals surface area contributed by atoms with Crippen LogP contribution in [-0.2, 0) is 19.1 Å². The van der Waals surface area contributed by atoms with Crippen LogP contribution >= 0.6 is 0 Å². The van der Waals surface area contributed by atoms with Gasteiger partial charge in [-0.05, 0) is 12.8 Å². The average Bonchev–Trinajstić information content (AvgIpc) is 2.43. The number of aliphatic carboxylic acids is 1. The zero-order valence-corrected chi connectivity index (χ0v) is 15.8. The first-order valence-electron chi connectivity index (χ1n) is 7.69. The summed E-state index contributed by atoms with van der Waals surface area (Å²) in [6.45, 7) is 2.16. The van der Waals surface area contributed by atoms with Crippen molar-refractivity contribution in [1.82, 2.24) is 0 Å². The van der Waals surface area contributed by atoms with Crippen LogP contribution in [0.2, 0.25) is 0 Å². The Balaban J connectivity index is -0.00000200. The van der Waals surface area contributed by atoms with E-state index in [2.05, 4.69) is 11.7 Å². The molecule has 0 heterocycles. The summed E-state index contributed by atoms with van der Waals surface area (Å²) in [7, 11) is 0. The van der Waals surface area contributed by atoms with Crippen molar-refractivity contribution in [2.75, 3.05) is 0 Å². The van der Waals surface area contributed by atoms with Crippen LogP contribution in [0.25, 0.3) is 0 Å². The van der Waals surface area contributed by atoms with Crippen molar-refractivity contribution >= 4 is 17.9 Å². The third-order valence-corrected chi connectivity index (χ3v) is 3.19. The molecule has 0 bridgehead atoms. The van der Waals surface area contributed by atoms with Crippen molar-refractivity contribution in [1.29, 1.82) is 0 Å². The van der Waals surface area contributed by atoms with Gasteiger partial charge in [0.05, 0.1) is 0 Å². The van der Waals surface area contributed by atoms with E-state index < -0.39 is 23.9 Å². The topological polar surface area (TPSA) is 107 Å². The molecule has 0 aliphatic carbocycles. The standard InChI is InChI=1S/C15H27NO5.Na.H/c1-2-3-4-5-6-7-8-9-13(17)21-14(18)11-10-12(16)15(19)20;;/h12H,2-11,16H2,1H3,(H,19,20);;/q;+1;-1/t12-;;/m0../s1. The van der Waals surface area contributed by atoms with E-state index in [0.29, 0.717) is 6.42 Å². The van der Waals surface area contributed by atoms with E-state index >= 15 is 0 Å². The van der Waals surface area contributed by atoms with E-state index in [9.17, 15) is 14.4 Å². The van der Waals surface area contributed by atoms with Gasteiger partial charge in [-0.1, -0.05) is 45.4 Å². The van der Waals surface area contributed by atoms with Crippen LogP contribution in [0.15, 0.2) is 0 Å². The average molecular weight is 325 g/mol. The van der Waals surface area contributed by atoms with Crippen LogP contribution in [0.1, 0.15) is 72.6 Å². The van der Waals surface area contributed by atoms with Gasteiger partial charge in [-0.3, -0.25) is 14.4 Å². The summed E-state index contributed by atoms with van der Waals surface area (Å²) in [6.07, 6.45) is 7.66. The zero-order chi connectivity index (χ0) is 16.1. The third-order valence-electron chi connectivity index (χ3n) is 3.19. The van der Waals surface area contributed by atoms with E-state index in [0.717, 1.165) is 12.8 Å². The molecule has 0 unspecified atom stereocenters. The quantitative estimate of drug-likeness (QED) is 0.217. The van der Waals surface area contributed by atoms with Crippen LogP contribution in [0.5, 0.6) is 0 Å². The minimum Gasteiger partial charge on any atom is -1.00 e. The minimum atomic E-state index is -1.17. The predicted molar refractivity (Wildman–Crippen MR) is 79.7 cm³/mol. The number of rotatable bonds is 12. The summed E-state index contributed by atoms with van der Waals surface area (Å²) in [6, 6.07) is -1.10. The summed E-state index contributed by atoms with van der Waals surface area (Å²) < 4.78 is 4.60. The van der Waals surface area contributed by atoms with E-state index in [1.165, 1.54) is 25.7 Å². The molecule has 0 saturated heterocycles. The second kappa shape index (κ2) is 15.5. The fourth-order valence-electron chi connectivity index (χ4n) is 1.85. The molecule has 7 heteroatoms. The maximum Gasteiger partial charge on any atom is 1.00 e. The van der Waals surface area contributed by atoms with Gasteiger partial charge in [-0.2, -0.15) is 0 Å². The van der Waals surface area contributed by atoms with E-state index in [-0.39, 0.29) is 50.2 Å². The monoisotopic (exact) mass is 325 g/mol. The van der Waals surface area contributed by atoms with Crippen molar-refractivity contribution in [2.24, 2.45) is 5.73 Å². The predicted octanol–water partition coefficient (Wildman–Crippen LogP) is -0.494. The summed E-state index contributed by atoms with van der Waals surface area (Å²) in [4.78, 5) is 33.1. The van der Waals surface area contributed by atoms with Crippen LogP contribution in [0.4, 0.5) is 0 Å². The van der Waals surface area contributed by atoms with Gasteiger partial charge in [-0.15, -0.1) is 0 Å². The number of esters is 2. The van der Waals surface area contributed by atoms with Crippen molar-refractivity contribution in [3.63, 3.8) is 0 Å². The summed E-state index contributed by atoms with van der Waals surface area (Å²) in [5, 5.41) is 8.55. The Morgan fingerprint density at radius 2 is 1.50 bits per heavy atom. The SMILES string of the molecule is CCCCCCCCCC(=O)OC(=O)CC[C@H](N)C(=O)O.[H-].[Na+]. The molecular formula is C15H28NNaO5. The van der Waals surface area contributed by atoms with E-state index in [4.69, 9.17) is 10.8 Å². The summed E-state index contributed by atoms with van der Waals surface area (Å²) in [5.41, 5.74) is 5.25. The first-order valence-corrected chi connectivity index (χ1v) is 7.69. The van der Waals surface area contributed by atoms with Gasteiger partial charge in [0, 0.05) is 12.8 Å². The van der Waals surface area contributed by atoms with Gasteiger partial charge in [0.15, 0.2) is 0 Å². The molecule has 0 spiro atoms. The Labute approximate surface area is 155 Å². The first kappa shape index (κ1) is 23.8. The third kappa shape index (κ3) is 14.5. The van der Waals surface area contributed by atoms with Gasteiger partial charge < -0.3 is 17.0 Å². The zero-order valence-electron chi connectivity index (χ0n) is 14.8. The number of ether oxygens (including phenoxy) is 1. The molecule has 0 aromatic heterocycles. The van der Waals surface area contributed by atoms with Gasteiger partial charge in [0.25, 0.3) is 0 Å². The van der Waals surface area contributed by atoms with E-state index in [1.807, 2.05) is 0 Å². The number of unbranched alkanes of at least 4 members (excludes halogenated alkanes) is 6. The van der Waals surface area contributed by atoms with Crippen molar-refractivity contribution in [2.45, 2.75) is 77.2 Å². The molecular weight excluding hydrogens is 297 g/mol. The number of carboxylic acid groups (broad SMARTS) is 1. The van der Waals surface area contributed by atoms with Crippen LogP contribution in [0, 0.1) is 0 Å². The molecule has 0 aromatic rings. The molecule has 0 aliphatic rings. The molecule has 0 fully saturated rings. The van der Waals surface area contributed by atoms with Gasteiger partial charge >= 0.3 is 47.5 Å². The molecule has 0 saturated carbocycles. The molecule has 0 aliphatic heterocycles. The van der Waals surface area contributed by atoms with Crippen molar-refractivity contribution in [3.8, 4) is 0 Å².